The molecule has 0 saturated carbocycles. The van der Waals surface area contributed by atoms with Crippen LogP contribution in [0.3, 0.4) is 0 Å². The van der Waals surface area contributed by atoms with Gasteiger partial charge in [-0.2, -0.15) is 13.2 Å². The number of hydrogen-bond donors (Lipinski definition) is 2. The molecule has 3 rings (SSSR count). The summed E-state index contributed by atoms with van der Waals surface area (Å²) in [4.78, 5) is 19.1. The molecule has 0 bridgehead atoms. The van der Waals surface area contributed by atoms with Crippen molar-refractivity contribution in [3.05, 3.63) is 36.8 Å². The molecular weight excluding hydrogens is 469 g/mol. The number of benzene rings is 1. The summed E-state index contributed by atoms with van der Waals surface area (Å²) in [6.07, 6.45) is 3.85. The van der Waals surface area contributed by atoms with E-state index in [0.717, 1.165) is 59.2 Å². The largest absolute Gasteiger partial charge is 0.496 e. The third-order valence-electron chi connectivity index (χ3n) is 4.84. The molecule has 0 spiro atoms. The number of carboxylic acids is 1. The second-order valence-electron chi connectivity index (χ2n) is 7.40. The first-order chi connectivity index (χ1) is 16.1. The Balaban J connectivity index is 0.000000509. The van der Waals surface area contributed by atoms with E-state index in [1.807, 2.05) is 24.0 Å². The molecule has 11 heteroatoms. The highest BCUT2D eigenvalue weighted by Gasteiger charge is 2.38. The number of thioether (sulfide) groups is 1. The number of aliphatic carboxylic acids is 1. The quantitative estimate of drug-likeness (QED) is 0.271. The minimum absolute atomic E-state index is 0.529. The van der Waals surface area contributed by atoms with Crippen molar-refractivity contribution in [2.75, 3.05) is 19.0 Å². The van der Waals surface area contributed by atoms with Gasteiger partial charge in [0.2, 0.25) is 0 Å². The van der Waals surface area contributed by atoms with Crippen molar-refractivity contribution in [2.45, 2.75) is 56.4 Å². The lowest BCUT2D eigenvalue weighted by atomic mass is 10.1. The van der Waals surface area contributed by atoms with Gasteiger partial charge in [-0.15, -0.1) is 11.8 Å². The molecule has 0 amide bonds. The maximum absolute atomic E-state index is 10.6. The SMILES string of the molecule is CCCCNc1c(-c2ccc(OC)c(SC(C)CC)c2)nc2cnccn12.O=C(O)C(F)(F)F. The van der Waals surface area contributed by atoms with E-state index in [9.17, 15) is 13.2 Å². The summed E-state index contributed by atoms with van der Waals surface area (Å²) in [5.41, 5.74) is 2.88. The van der Waals surface area contributed by atoms with Gasteiger partial charge >= 0.3 is 12.1 Å². The summed E-state index contributed by atoms with van der Waals surface area (Å²) in [5.74, 6) is -0.826. The highest BCUT2D eigenvalue weighted by molar-refractivity contribution is 8.00. The van der Waals surface area contributed by atoms with Gasteiger partial charge in [0.25, 0.3) is 0 Å². The average Bonchev–Trinajstić information content (AvgIpc) is 3.17. The van der Waals surface area contributed by atoms with Gasteiger partial charge in [0.1, 0.15) is 17.3 Å². The highest BCUT2D eigenvalue weighted by atomic mass is 32.2. The number of carbonyl (C=O) groups is 1. The first kappa shape index (κ1) is 27.3. The number of ether oxygens (including phenoxy) is 1. The molecule has 1 unspecified atom stereocenters. The lowest BCUT2D eigenvalue weighted by molar-refractivity contribution is -0.192. The Labute approximate surface area is 200 Å². The number of nitrogens with one attached hydrogen (secondary N) is 1. The molecule has 0 saturated heterocycles. The third-order valence-corrected chi connectivity index (χ3v) is 6.14. The van der Waals surface area contributed by atoms with Crippen LogP contribution < -0.4 is 10.1 Å². The maximum Gasteiger partial charge on any atom is 0.490 e. The fraction of sp³-hybridized carbons (Fsp3) is 0.435. The molecule has 7 nitrogen and oxygen atoms in total. The van der Waals surface area contributed by atoms with E-state index in [1.54, 1.807) is 19.5 Å². The summed E-state index contributed by atoms with van der Waals surface area (Å²) in [5, 5.41) is 11.2. The van der Waals surface area contributed by atoms with Crippen LogP contribution in [0.25, 0.3) is 16.9 Å². The van der Waals surface area contributed by atoms with Gasteiger partial charge < -0.3 is 15.2 Å². The zero-order valence-corrected chi connectivity index (χ0v) is 20.3. The van der Waals surface area contributed by atoms with Crippen LogP contribution in [0, 0.1) is 0 Å². The van der Waals surface area contributed by atoms with Crippen LogP contribution in [-0.2, 0) is 4.79 Å². The number of unbranched alkanes of at least 4 members (excludes halogenated alkanes) is 1. The summed E-state index contributed by atoms with van der Waals surface area (Å²) in [7, 11) is 1.73. The first-order valence-corrected chi connectivity index (χ1v) is 11.7. The number of rotatable bonds is 9. The van der Waals surface area contributed by atoms with Crippen molar-refractivity contribution in [1.82, 2.24) is 14.4 Å². The molecular formula is C23H29F3N4O3S. The molecule has 1 atom stereocenters. The van der Waals surface area contributed by atoms with E-state index < -0.39 is 12.1 Å². The van der Waals surface area contributed by atoms with Gasteiger partial charge in [0, 0.05) is 29.8 Å². The van der Waals surface area contributed by atoms with E-state index in [-0.39, 0.29) is 0 Å². The zero-order valence-electron chi connectivity index (χ0n) is 19.5. The minimum atomic E-state index is -5.08. The molecule has 0 radical (unpaired) electrons. The Morgan fingerprint density at radius 3 is 2.62 bits per heavy atom. The lowest BCUT2D eigenvalue weighted by Crippen LogP contribution is -2.21. The van der Waals surface area contributed by atoms with Gasteiger partial charge in [-0.1, -0.05) is 27.2 Å². The third kappa shape index (κ3) is 7.28. The van der Waals surface area contributed by atoms with Crippen LogP contribution in [0.15, 0.2) is 41.7 Å². The smallest absolute Gasteiger partial charge is 0.490 e. The molecule has 3 aromatic rings. The molecule has 0 aliphatic heterocycles. The van der Waals surface area contributed by atoms with Crippen molar-refractivity contribution in [2.24, 2.45) is 0 Å². The number of methoxy groups -OCH3 is 1. The molecule has 186 valence electrons. The van der Waals surface area contributed by atoms with Gasteiger partial charge in [-0.25, -0.2) is 9.78 Å². The fourth-order valence-corrected chi connectivity index (χ4v) is 3.94. The van der Waals surface area contributed by atoms with Crippen LogP contribution >= 0.6 is 11.8 Å². The topological polar surface area (TPSA) is 88.8 Å². The van der Waals surface area contributed by atoms with Crippen LogP contribution in [0.5, 0.6) is 5.75 Å². The van der Waals surface area contributed by atoms with Crippen LogP contribution in [0.1, 0.15) is 40.0 Å². The molecule has 0 aliphatic rings. The summed E-state index contributed by atoms with van der Waals surface area (Å²) < 4.78 is 39.4. The minimum Gasteiger partial charge on any atom is -0.496 e. The van der Waals surface area contributed by atoms with Crippen LogP contribution in [0.2, 0.25) is 0 Å². The molecule has 34 heavy (non-hydrogen) atoms. The number of fused-ring (bicyclic) bond motifs is 1. The zero-order chi connectivity index (χ0) is 25.3. The summed E-state index contributed by atoms with van der Waals surface area (Å²) in [6, 6.07) is 6.31. The van der Waals surface area contributed by atoms with Crippen molar-refractivity contribution in [3.8, 4) is 17.0 Å². The second kappa shape index (κ2) is 12.5. The van der Waals surface area contributed by atoms with Gasteiger partial charge in [0.15, 0.2) is 5.65 Å². The summed E-state index contributed by atoms with van der Waals surface area (Å²) in [6.45, 7) is 7.57. The number of anilines is 1. The van der Waals surface area contributed by atoms with Crippen molar-refractivity contribution in [1.29, 1.82) is 0 Å². The lowest BCUT2D eigenvalue weighted by Gasteiger charge is -2.14. The Morgan fingerprint density at radius 1 is 1.32 bits per heavy atom. The van der Waals surface area contributed by atoms with E-state index in [0.29, 0.717) is 5.25 Å². The number of halogens is 3. The van der Waals surface area contributed by atoms with Gasteiger partial charge in [0.05, 0.1) is 18.2 Å². The van der Waals surface area contributed by atoms with Crippen LogP contribution in [0.4, 0.5) is 19.0 Å². The van der Waals surface area contributed by atoms with E-state index in [4.69, 9.17) is 19.6 Å². The molecule has 2 aromatic heterocycles. The van der Waals surface area contributed by atoms with Crippen molar-refractivity contribution in [3.63, 3.8) is 0 Å². The number of hydrogen-bond acceptors (Lipinski definition) is 6. The monoisotopic (exact) mass is 498 g/mol. The maximum atomic E-state index is 10.6. The Kier molecular flexibility index (Phi) is 10.0. The van der Waals surface area contributed by atoms with E-state index in [2.05, 4.69) is 47.6 Å². The van der Waals surface area contributed by atoms with Crippen LogP contribution in [-0.4, -0.2) is 50.5 Å². The predicted molar refractivity (Wildman–Crippen MR) is 128 cm³/mol. The molecule has 1 aromatic carbocycles. The number of alkyl halides is 3. The van der Waals surface area contributed by atoms with E-state index >= 15 is 0 Å². The molecule has 2 heterocycles. The van der Waals surface area contributed by atoms with Crippen molar-refractivity contribution < 1.29 is 27.8 Å². The summed E-state index contributed by atoms with van der Waals surface area (Å²) >= 11 is 1.85. The molecule has 0 aliphatic carbocycles. The Morgan fingerprint density at radius 2 is 2.03 bits per heavy atom. The Hall–Kier alpha value is -2.95. The van der Waals surface area contributed by atoms with Gasteiger partial charge in [-0.3, -0.25) is 9.38 Å². The normalized spacial score (nSPS) is 12.1. The fourth-order valence-electron chi connectivity index (χ4n) is 2.88. The number of nitrogens with zero attached hydrogens (tertiary/aromatic N) is 3. The predicted octanol–water partition coefficient (Wildman–Crippen LogP) is 6.14. The average molecular weight is 499 g/mol. The Bertz CT molecular complexity index is 1090. The second-order valence-corrected chi connectivity index (χ2v) is 8.88. The molecule has 2 N–H and O–H groups in total. The van der Waals surface area contributed by atoms with Gasteiger partial charge in [-0.05, 0) is 31.0 Å². The van der Waals surface area contributed by atoms with E-state index in [1.165, 1.54) is 0 Å². The number of imidazole rings is 1. The molecule has 0 fully saturated rings. The standard InChI is InChI=1S/C21H28N4OS.C2HF3O2/c1-5-7-10-23-21-20(24-19-14-22-11-12-25(19)21)16-8-9-17(26-4)18(13-16)27-15(3)6-2;3-2(4,5)1(6)7/h8-9,11-15,23H,5-7,10H2,1-4H3;(H,6,7). The van der Waals surface area contributed by atoms with Crippen molar-refractivity contribution >= 4 is 29.2 Å². The highest BCUT2D eigenvalue weighted by Crippen LogP contribution is 2.38. The first-order valence-electron chi connectivity index (χ1n) is 10.8. The number of aromatic nitrogens is 3. The number of carboxylic acid groups (broad SMARTS) is 1.